The van der Waals surface area contributed by atoms with Crippen molar-refractivity contribution in [3.05, 3.63) is 34.3 Å². The van der Waals surface area contributed by atoms with E-state index < -0.39 is 0 Å². The number of nitrogens with one attached hydrogen (secondary N) is 1. The van der Waals surface area contributed by atoms with Crippen LogP contribution in [0.15, 0.2) is 33.8 Å². The molecule has 3 nitrogen and oxygen atoms in total. The van der Waals surface area contributed by atoms with Crippen LogP contribution in [0.1, 0.15) is 18.4 Å². The Morgan fingerprint density at radius 3 is 2.87 bits per heavy atom. The first-order valence-corrected chi connectivity index (χ1v) is 5.64. The SMILES string of the molecule is O=C(N/N=C/c1ccccc1Br)C1CC1. The Hall–Kier alpha value is -1.16. The molecule has 1 amide bonds. The van der Waals surface area contributed by atoms with E-state index in [4.69, 9.17) is 0 Å². The lowest BCUT2D eigenvalue weighted by Gasteiger charge is -1.97. The molecule has 1 aromatic carbocycles. The van der Waals surface area contributed by atoms with Crippen LogP contribution in [0.4, 0.5) is 0 Å². The third-order valence-electron chi connectivity index (χ3n) is 2.23. The van der Waals surface area contributed by atoms with Crippen molar-refractivity contribution in [2.24, 2.45) is 11.0 Å². The van der Waals surface area contributed by atoms with Crippen LogP contribution >= 0.6 is 15.9 Å². The van der Waals surface area contributed by atoms with Crippen LogP contribution in [0.2, 0.25) is 0 Å². The fourth-order valence-corrected chi connectivity index (χ4v) is 1.57. The van der Waals surface area contributed by atoms with E-state index in [1.165, 1.54) is 0 Å². The Bertz CT molecular complexity index is 399. The number of benzene rings is 1. The van der Waals surface area contributed by atoms with Crippen molar-refractivity contribution >= 4 is 28.1 Å². The number of amides is 1. The van der Waals surface area contributed by atoms with E-state index in [0.29, 0.717) is 0 Å². The minimum absolute atomic E-state index is 0.0262. The molecule has 0 unspecified atom stereocenters. The number of hydrazone groups is 1. The highest BCUT2D eigenvalue weighted by molar-refractivity contribution is 9.10. The average molecular weight is 267 g/mol. The van der Waals surface area contributed by atoms with Crippen LogP contribution in [-0.2, 0) is 4.79 Å². The molecule has 2 rings (SSSR count). The number of hydrogen-bond donors (Lipinski definition) is 1. The zero-order chi connectivity index (χ0) is 10.7. The van der Waals surface area contributed by atoms with Crippen molar-refractivity contribution in [3.63, 3.8) is 0 Å². The molecular weight excluding hydrogens is 256 g/mol. The first-order valence-electron chi connectivity index (χ1n) is 4.85. The predicted molar refractivity (Wildman–Crippen MR) is 62.6 cm³/mol. The number of carbonyl (C=O) groups excluding carboxylic acids is 1. The smallest absolute Gasteiger partial charge is 0.243 e. The summed E-state index contributed by atoms with van der Waals surface area (Å²) in [7, 11) is 0. The van der Waals surface area contributed by atoms with E-state index >= 15 is 0 Å². The first-order chi connectivity index (χ1) is 7.27. The lowest BCUT2D eigenvalue weighted by atomic mass is 10.2. The summed E-state index contributed by atoms with van der Waals surface area (Å²) in [4.78, 5) is 11.2. The molecule has 4 heteroatoms. The van der Waals surface area contributed by atoms with Crippen molar-refractivity contribution in [3.8, 4) is 0 Å². The second kappa shape index (κ2) is 4.57. The number of carbonyl (C=O) groups is 1. The molecule has 0 radical (unpaired) electrons. The summed E-state index contributed by atoms with van der Waals surface area (Å²) in [6.07, 6.45) is 3.64. The molecule has 1 saturated carbocycles. The molecule has 1 N–H and O–H groups in total. The van der Waals surface area contributed by atoms with Gasteiger partial charge in [-0.3, -0.25) is 4.79 Å². The molecule has 0 heterocycles. The maximum atomic E-state index is 11.2. The maximum absolute atomic E-state index is 11.2. The van der Waals surface area contributed by atoms with Gasteiger partial charge in [-0.2, -0.15) is 5.10 Å². The van der Waals surface area contributed by atoms with Crippen LogP contribution in [0.5, 0.6) is 0 Å². The molecule has 0 atom stereocenters. The van der Waals surface area contributed by atoms with E-state index in [1.807, 2.05) is 24.3 Å². The highest BCUT2D eigenvalue weighted by Gasteiger charge is 2.29. The second-order valence-electron chi connectivity index (χ2n) is 3.53. The number of halogens is 1. The first kappa shape index (κ1) is 10.4. The lowest BCUT2D eigenvalue weighted by Crippen LogP contribution is -2.18. The van der Waals surface area contributed by atoms with Gasteiger partial charge in [-0.1, -0.05) is 34.1 Å². The van der Waals surface area contributed by atoms with Crippen molar-refractivity contribution in [1.29, 1.82) is 0 Å². The van der Waals surface area contributed by atoms with Crippen LogP contribution in [0, 0.1) is 5.92 Å². The summed E-state index contributed by atoms with van der Waals surface area (Å²) in [5.41, 5.74) is 3.48. The fourth-order valence-electron chi connectivity index (χ4n) is 1.18. The quantitative estimate of drug-likeness (QED) is 0.662. The molecule has 0 bridgehead atoms. The molecular formula is C11H11BrN2O. The largest absolute Gasteiger partial charge is 0.273 e. The molecule has 78 valence electrons. The van der Waals surface area contributed by atoms with E-state index in [-0.39, 0.29) is 11.8 Å². The van der Waals surface area contributed by atoms with Crippen molar-refractivity contribution < 1.29 is 4.79 Å². The number of hydrogen-bond acceptors (Lipinski definition) is 2. The van der Waals surface area contributed by atoms with Crippen LogP contribution < -0.4 is 5.43 Å². The molecule has 15 heavy (non-hydrogen) atoms. The second-order valence-corrected chi connectivity index (χ2v) is 4.38. The Kier molecular flexibility index (Phi) is 3.16. The molecule has 0 spiro atoms. The third kappa shape index (κ3) is 2.89. The summed E-state index contributed by atoms with van der Waals surface area (Å²) < 4.78 is 0.967. The van der Waals surface area contributed by atoms with Gasteiger partial charge >= 0.3 is 0 Å². The molecule has 0 saturated heterocycles. The molecule has 1 aliphatic rings. The Balaban J connectivity index is 1.93. The molecule has 0 aromatic heterocycles. The van der Waals surface area contributed by atoms with E-state index in [9.17, 15) is 4.79 Å². The van der Waals surface area contributed by atoms with Crippen LogP contribution in [0.3, 0.4) is 0 Å². The van der Waals surface area contributed by atoms with Crippen molar-refractivity contribution in [2.45, 2.75) is 12.8 Å². The van der Waals surface area contributed by atoms with Gasteiger partial charge in [-0.25, -0.2) is 5.43 Å². The van der Waals surface area contributed by atoms with E-state index in [0.717, 1.165) is 22.9 Å². The van der Waals surface area contributed by atoms with Gasteiger partial charge < -0.3 is 0 Å². The zero-order valence-electron chi connectivity index (χ0n) is 8.11. The van der Waals surface area contributed by atoms with E-state index in [2.05, 4.69) is 26.5 Å². The van der Waals surface area contributed by atoms with Gasteiger partial charge in [-0.05, 0) is 18.9 Å². The highest BCUT2D eigenvalue weighted by Crippen LogP contribution is 2.28. The predicted octanol–water partition coefficient (Wildman–Crippen LogP) is 2.31. The zero-order valence-corrected chi connectivity index (χ0v) is 9.70. The van der Waals surface area contributed by atoms with Gasteiger partial charge in [0.15, 0.2) is 0 Å². The van der Waals surface area contributed by atoms with Gasteiger partial charge in [0.1, 0.15) is 0 Å². The van der Waals surface area contributed by atoms with Gasteiger partial charge in [0.2, 0.25) is 5.91 Å². The van der Waals surface area contributed by atoms with Crippen LogP contribution in [0.25, 0.3) is 0 Å². The van der Waals surface area contributed by atoms with Crippen molar-refractivity contribution in [2.75, 3.05) is 0 Å². The summed E-state index contributed by atoms with van der Waals surface area (Å²) in [6, 6.07) is 7.72. The summed E-state index contributed by atoms with van der Waals surface area (Å²) in [5.74, 6) is 0.222. The summed E-state index contributed by atoms with van der Waals surface area (Å²) >= 11 is 3.40. The van der Waals surface area contributed by atoms with E-state index in [1.54, 1.807) is 6.21 Å². The van der Waals surface area contributed by atoms with Crippen LogP contribution in [-0.4, -0.2) is 12.1 Å². The summed E-state index contributed by atoms with van der Waals surface area (Å²) in [5, 5.41) is 3.91. The fraction of sp³-hybridized carbons (Fsp3) is 0.273. The number of nitrogens with zero attached hydrogens (tertiary/aromatic N) is 1. The topological polar surface area (TPSA) is 41.5 Å². The molecule has 1 fully saturated rings. The Labute approximate surface area is 96.7 Å². The minimum Gasteiger partial charge on any atom is -0.273 e. The monoisotopic (exact) mass is 266 g/mol. The Morgan fingerprint density at radius 2 is 2.20 bits per heavy atom. The van der Waals surface area contributed by atoms with Gasteiger partial charge in [0.05, 0.1) is 6.21 Å². The summed E-state index contributed by atoms with van der Waals surface area (Å²) in [6.45, 7) is 0. The molecule has 0 aliphatic heterocycles. The average Bonchev–Trinajstić information content (AvgIpc) is 3.04. The lowest BCUT2D eigenvalue weighted by molar-refractivity contribution is -0.122. The third-order valence-corrected chi connectivity index (χ3v) is 2.95. The highest BCUT2D eigenvalue weighted by atomic mass is 79.9. The maximum Gasteiger partial charge on any atom is 0.243 e. The van der Waals surface area contributed by atoms with Gasteiger partial charge in [-0.15, -0.1) is 0 Å². The molecule has 1 aromatic rings. The van der Waals surface area contributed by atoms with Crippen molar-refractivity contribution in [1.82, 2.24) is 5.43 Å². The minimum atomic E-state index is 0.0262. The Morgan fingerprint density at radius 1 is 1.47 bits per heavy atom. The number of rotatable bonds is 3. The molecule has 1 aliphatic carbocycles. The van der Waals surface area contributed by atoms with Gasteiger partial charge in [0, 0.05) is 16.0 Å². The normalized spacial score (nSPS) is 15.5. The van der Waals surface area contributed by atoms with Gasteiger partial charge in [0.25, 0.3) is 0 Å². The standard InChI is InChI=1S/C11H11BrN2O/c12-10-4-2-1-3-9(10)7-13-14-11(15)8-5-6-8/h1-4,7-8H,5-6H2,(H,14,15)/b13-7+.